The first-order chi connectivity index (χ1) is 17.4. The molecule has 0 aromatic heterocycles. The highest BCUT2D eigenvalue weighted by Crippen LogP contribution is 2.34. The molecule has 1 heterocycles. The third kappa shape index (κ3) is 7.06. The summed E-state index contributed by atoms with van der Waals surface area (Å²) in [5.41, 5.74) is 6.09. The summed E-state index contributed by atoms with van der Waals surface area (Å²) in [6, 6.07) is 13.8. The van der Waals surface area contributed by atoms with Crippen molar-refractivity contribution in [3.8, 4) is 22.3 Å². The Labute approximate surface area is 222 Å². The molecule has 11 heteroatoms. The topological polar surface area (TPSA) is 67.2 Å². The minimum atomic E-state index is -4.50. The van der Waals surface area contributed by atoms with E-state index in [1.165, 1.54) is 24.3 Å². The fourth-order valence-electron chi connectivity index (χ4n) is 4.35. The molecule has 0 saturated carbocycles. The quantitative estimate of drug-likeness (QED) is 0.319. The van der Waals surface area contributed by atoms with Crippen LogP contribution < -0.4 is 16.4 Å². The number of alkyl halides is 6. The van der Waals surface area contributed by atoms with Gasteiger partial charge >= 0.3 is 12.4 Å². The summed E-state index contributed by atoms with van der Waals surface area (Å²) in [5, 5.41) is 6.16. The summed E-state index contributed by atoms with van der Waals surface area (Å²) in [6.45, 7) is 1.66. The molecule has 2 atom stereocenters. The minimum absolute atomic E-state index is 0. The maximum atomic E-state index is 13.0. The molecule has 204 valence electrons. The van der Waals surface area contributed by atoms with Crippen LogP contribution in [-0.2, 0) is 12.4 Å². The number of rotatable bonds is 6. The largest absolute Gasteiger partial charge is 0.416 e. The average Bonchev–Trinajstić information content (AvgIpc) is 3.34. The predicted octanol–water partition coefficient (Wildman–Crippen LogP) is 6.15. The van der Waals surface area contributed by atoms with E-state index in [4.69, 9.17) is 5.73 Å². The van der Waals surface area contributed by atoms with Gasteiger partial charge in [0.1, 0.15) is 0 Å². The summed E-state index contributed by atoms with van der Waals surface area (Å²) < 4.78 is 78.1. The number of nitrogens with one attached hydrogen (secondary N) is 2. The van der Waals surface area contributed by atoms with Crippen LogP contribution in [0.3, 0.4) is 0 Å². The number of benzene rings is 3. The van der Waals surface area contributed by atoms with Crippen molar-refractivity contribution in [1.29, 1.82) is 0 Å². The molecule has 4 rings (SSSR count). The zero-order valence-corrected chi connectivity index (χ0v) is 20.8. The summed E-state index contributed by atoms with van der Waals surface area (Å²) in [6.07, 6.45) is -8.18. The molecule has 0 spiro atoms. The van der Waals surface area contributed by atoms with Crippen molar-refractivity contribution in [1.82, 2.24) is 10.6 Å². The number of carbonyl (C=O) groups is 1. The fraction of sp³-hybridized carbons (Fsp3) is 0.296. The normalized spacial score (nSPS) is 17.7. The van der Waals surface area contributed by atoms with Crippen molar-refractivity contribution in [2.45, 2.75) is 24.8 Å². The summed E-state index contributed by atoms with van der Waals surface area (Å²) in [7, 11) is 0. The molecule has 3 aromatic rings. The standard InChI is InChI=1S/C27H25F6N3O.ClH/c28-26(29,30)22-5-1-17(2-6-22)19-10-20(18-3-7-23(8-4-18)27(31,32)33)12-21(11-19)25(37)36-15-24-9-16(13-34)14-35-24;/h1-8,10-12,16,24,35H,9,13-15,34H2,(H,36,37);1H/t16-,24-;/m1./s1. The highest BCUT2D eigenvalue weighted by atomic mass is 35.5. The Kier molecular flexibility index (Phi) is 9.12. The van der Waals surface area contributed by atoms with Crippen molar-refractivity contribution in [2.75, 3.05) is 19.6 Å². The zero-order chi connectivity index (χ0) is 26.8. The van der Waals surface area contributed by atoms with E-state index in [1.807, 2.05) is 0 Å². The first kappa shape index (κ1) is 29.5. The Morgan fingerprint density at radius 2 is 1.29 bits per heavy atom. The maximum Gasteiger partial charge on any atom is 0.416 e. The molecule has 1 fully saturated rings. The Morgan fingerprint density at radius 1 is 0.816 bits per heavy atom. The maximum absolute atomic E-state index is 13.0. The third-order valence-electron chi connectivity index (χ3n) is 6.44. The lowest BCUT2D eigenvalue weighted by Crippen LogP contribution is -2.37. The van der Waals surface area contributed by atoms with Crippen LogP contribution in [0.4, 0.5) is 26.3 Å². The SMILES string of the molecule is Cl.NC[C@@H]1CN[C@@H](CNC(=O)c2cc(-c3ccc(C(F)(F)F)cc3)cc(-c3ccc(C(F)(F)F)cc3)c2)C1. The van der Waals surface area contributed by atoms with Gasteiger partial charge in [0.15, 0.2) is 0 Å². The molecule has 1 saturated heterocycles. The monoisotopic (exact) mass is 557 g/mol. The van der Waals surface area contributed by atoms with E-state index in [2.05, 4.69) is 10.6 Å². The molecule has 1 aliphatic rings. The van der Waals surface area contributed by atoms with E-state index >= 15 is 0 Å². The second-order valence-electron chi connectivity index (χ2n) is 9.10. The van der Waals surface area contributed by atoms with E-state index in [0.717, 1.165) is 37.2 Å². The summed E-state index contributed by atoms with van der Waals surface area (Å²) >= 11 is 0. The number of carbonyl (C=O) groups excluding carboxylic acids is 1. The van der Waals surface area contributed by atoms with Crippen molar-refractivity contribution in [2.24, 2.45) is 11.7 Å². The van der Waals surface area contributed by atoms with Crippen molar-refractivity contribution < 1.29 is 31.1 Å². The Bertz CT molecular complexity index is 1170. The number of hydrogen-bond acceptors (Lipinski definition) is 3. The van der Waals surface area contributed by atoms with E-state index in [0.29, 0.717) is 41.3 Å². The van der Waals surface area contributed by atoms with E-state index < -0.39 is 29.4 Å². The van der Waals surface area contributed by atoms with Gasteiger partial charge in [0, 0.05) is 18.2 Å². The van der Waals surface area contributed by atoms with Gasteiger partial charge in [0.2, 0.25) is 0 Å². The first-order valence-corrected chi connectivity index (χ1v) is 11.7. The zero-order valence-electron chi connectivity index (χ0n) is 20.0. The van der Waals surface area contributed by atoms with Crippen molar-refractivity contribution in [3.63, 3.8) is 0 Å². The molecule has 38 heavy (non-hydrogen) atoms. The molecule has 4 nitrogen and oxygen atoms in total. The van der Waals surface area contributed by atoms with Crippen LogP contribution in [0, 0.1) is 5.92 Å². The molecular formula is C27H26ClF6N3O. The smallest absolute Gasteiger partial charge is 0.350 e. The first-order valence-electron chi connectivity index (χ1n) is 11.7. The Hall–Kier alpha value is -3.08. The third-order valence-corrected chi connectivity index (χ3v) is 6.44. The lowest BCUT2D eigenvalue weighted by atomic mass is 9.94. The van der Waals surface area contributed by atoms with Gasteiger partial charge in [-0.1, -0.05) is 24.3 Å². The van der Waals surface area contributed by atoms with Crippen LogP contribution in [0.25, 0.3) is 22.3 Å². The van der Waals surface area contributed by atoms with Gasteiger partial charge in [-0.15, -0.1) is 12.4 Å². The van der Waals surface area contributed by atoms with Gasteiger partial charge in [-0.25, -0.2) is 0 Å². The highest BCUT2D eigenvalue weighted by molar-refractivity contribution is 5.97. The second kappa shape index (κ2) is 11.8. The van der Waals surface area contributed by atoms with Gasteiger partial charge < -0.3 is 16.4 Å². The molecule has 3 aromatic carbocycles. The van der Waals surface area contributed by atoms with Crippen LogP contribution in [-0.4, -0.2) is 31.6 Å². The Balaban J connectivity index is 0.00000400. The van der Waals surface area contributed by atoms with Gasteiger partial charge in [0.25, 0.3) is 5.91 Å². The molecule has 1 aliphatic heterocycles. The molecular weight excluding hydrogens is 532 g/mol. The van der Waals surface area contributed by atoms with Crippen LogP contribution >= 0.6 is 12.4 Å². The molecule has 0 radical (unpaired) electrons. The predicted molar refractivity (Wildman–Crippen MR) is 136 cm³/mol. The lowest BCUT2D eigenvalue weighted by molar-refractivity contribution is -0.138. The van der Waals surface area contributed by atoms with Crippen LogP contribution in [0.2, 0.25) is 0 Å². The van der Waals surface area contributed by atoms with Crippen LogP contribution in [0.15, 0.2) is 66.7 Å². The van der Waals surface area contributed by atoms with E-state index in [-0.39, 0.29) is 24.0 Å². The number of halogens is 7. The Morgan fingerprint density at radius 3 is 1.68 bits per heavy atom. The summed E-state index contributed by atoms with van der Waals surface area (Å²) in [5.74, 6) is -0.0731. The minimum Gasteiger partial charge on any atom is -0.350 e. The van der Waals surface area contributed by atoms with Gasteiger partial charge in [-0.3, -0.25) is 4.79 Å². The van der Waals surface area contributed by atoms with Gasteiger partial charge in [-0.05, 0) is 90.1 Å². The molecule has 4 N–H and O–H groups in total. The average molecular weight is 558 g/mol. The molecule has 0 unspecified atom stereocenters. The van der Waals surface area contributed by atoms with Gasteiger partial charge in [0.05, 0.1) is 11.1 Å². The van der Waals surface area contributed by atoms with E-state index in [9.17, 15) is 31.1 Å². The number of hydrogen-bond donors (Lipinski definition) is 3. The van der Waals surface area contributed by atoms with Gasteiger partial charge in [-0.2, -0.15) is 26.3 Å². The lowest BCUT2D eigenvalue weighted by Gasteiger charge is -2.15. The van der Waals surface area contributed by atoms with E-state index in [1.54, 1.807) is 18.2 Å². The molecule has 0 bridgehead atoms. The summed E-state index contributed by atoms with van der Waals surface area (Å²) in [4.78, 5) is 13.0. The number of nitrogens with two attached hydrogens (primary N) is 1. The highest BCUT2D eigenvalue weighted by Gasteiger charge is 2.31. The van der Waals surface area contributed by atoms with Crippen LogP contribution in [0.1, 0.15) is 27.9 Å². The van der Waals surface area contributed by atoms with Crippen molar-refractivity contribution >= 4 is 18.3 Å². The molecule has 1 amide bonds. The van der Waals surface area contributed by atoms with Crippen molar-refractivity contribution in [3.05, 3.63) is 83.4 Å². The second-order valence-corrected chi connectivity index (χ2v) is 9.10. The fourth-order valence-corrected chi connectivity index (χ4v) is 4.35. The van der Waals surface area contributed by atoms with Crippen LogP contribution in [0.5, 0.6) is 0 Å². The molecule has 0 aliphatic carbocycles. The number of amides is 1.